The Bertz CT molecular complexity index is 546. The van der Waals surface area contributed by atoms with E-state index in [1.807, 2.05) is 13.1 Å². The second kappa shape index (κ2) is 6.95. The zero-order chi connectivity index (χ0) is 14.5. The fourth-order valence-electron chi connectivity index (χ4n) is 2.38. The summed E-state index contributed by atoms with van der Waals surface area (Å²) < 4.78 is 13.3. The van der Waals surface area contributed by atoms with Gasteiger partial charge in [-0.2, -0.15) is 0 Å². The summed E-state index contributed by atoms with van der Waals surface area (Å²) in [6.07, 6.45) is 1.81. The van der Waals surface area contributed by atoms with Crippen molar-refractivity contribution in [1.82, 2.24) is 10.3 Å². The molecule has 0 saturated carbocycles. The molecule has 2 aromatic rings. The molecule has 0 radical (unpaired) electrons. The minimum absolute atomic E-state index is 0.161. The molecule has 1 aromatic carbocycles. The van der Waals surface area contributed by atoms with Gasteiger partial charge in [-0.25, -0.2) is 9.37 Å². The average Bonchev–Trinajstić information content (AvgIpc) is 2.68. The maximum absolute atomic E-state index is 13.3. The van der Waals surface area contributed by atoms with Crippen molar-refractivity contribution in [3.05, 3.63) is 51.2 Å². The molecule has 1 unspecified atom stereocenters. The molecule has 0 saturated heterocycles. The van der Waals surface area contributed by atoms with E-state index in [0.29, 0.717) is 5.92 Å². The Kier molecular flexibility index (Phi) is 5.26. The van der Waals surface area contributed by atoms with Gasteiger partial charge >= 0.3 is 0 Å². The Morgan fingerprint density at radius 1 is 1.30 bits per heavy atom. The largest absolute Gasteiger partial charge is 0.319 e. The summed E-state index contributed by atoms with van der Waals surface area (Å²) in [5, 5.41) is 4.40. The SMILES string of the molecule is CNCC(Cc1cccc(F)c1)Cc1nc(C)c(C)s1. The summed E-state index contributed by atoms with van der Waals surface area (Å²) in [7, 11) is 1.96. The molecule has 4 heteroatoms. The molecular weight excluding hydrogens is 271 g/mol. The zero-order valence-electron chi connectivity index (χ0n) is 12.2. The number of benzene rings is 1. The van der Waals surface area contributed by atoms with E-state index >= 15 is 0 Å². The summed E-state index contributed by atoms with van der Waals surface area (Å²) in [4.78, 5) is 5.89. The van der Waals surface area contributed by atoms with E-state index in [1.54, 1.807) is 23.5 Å². The highest BCUT2D eigenvalue weighted by molar-refractivity contribution is 7.11. The van der Waals surface area contributed by atoms with E-state index in [9.17, 15) is 4.39 Å². The highest BCUT2D eigenvalue weighted by Crippen LogP contribution is 2.21. The van der Waals surface area contributed by atoms with Crippen molar-refractivity contribution >= 4 is 11.3 Å². The minimum Gasteiger partial charge on any atom is -0.319 e. The van der Waals surface area contributed by atoms with Gasteiger partial charge in [-0.3, -0.25) is 0 Å². The van der Waals surface area contributed by atoms with Crippen molar-refractivity contribution in [3.8, 4) is 0 Å². The Morgan fingerprint density at radius 3 is 2.70 bits per heavy atom. The maximum atomic E-state index is 13.3. The molecule has 0 fully saturated rings. The van der Waals surface area contributed by atoms with E-state index in [4.69, 9.17) is 0 Å². The van der Waals surface area contributed by atoms with E-state index in [2.05, 4.69) is 24.1 Å². The van der Waals surface area contributed by atoms with E-state index in [1.165, 1.54) is 16.0 Å². The lowest BCUT2D eigenvalue weighted by Crippen LogP contribution is -2.22. The lowest BCUT2D eigenvalue weighted by atomic mass is 9.96. The lowest BCUT2D eigenvalue weighted by molar-refractivity contribution is 0.490. The first-order valence-corrected chi connectivity index (χ1v) is 7.72. The quantitative estimate of drug-likeness (QED) is 0.881. The molecule has 20 heavy (non-hydrogen) atoms. The Hall–Kier alpha value is -1.26. The number of aromatic nitrogens is 1. The molecule has 108 valence electrons. The van der Waals surface area contributed by atoms with Crippen LogP contribution in [0.4, 0.5) is 4.39 Å². The van der Waals surface area contributed by atoms with Crippen molar-refractivity contribution in [3.63, 3.8) is 0 Å². The summed E-state index contributed by atoms with van der Waals surface area (Å²) in [5.41, 5.74) is 2.18. The van der Waals surface area contributed by atoms with Gasteiger partial charge in [0.15, 0.2) is 0 Å². The van der Waals surface area contributed by atoms with Crippen molar-refractivity contribution < 1.29 is 4.39 Å². The Morgan fingerprint density at radius 2 is 2.10 bits per heavy atom. The van der Waals surface area contributed by atoms with Gasteiger partial charge in [0, 0.05) is 11.3 Å². The monoisotopic (exact) mass is 292 g/mol. The number of hydrogen-bond acceptors (Lipinski definition) is 3. The molecule has 1 heterocycles. The highest BCUT2D eigenvalue weighted by atomic mass is 32.1. The van der Waals surface area contributed by atoms with E-state index in [-0.39, 0.29) is 5.82 Å². The molecule has 0 spiro atoms. The third kappa shape index (κ3) is 4.12. The van der Waals surface area contributed by atoms with Crippen molar-refractivity contribution in [1.29, 1.82) is 0 Å². The van der Waals surface area contributed by atoms with Crippen molar-refractivity contribution in [2.75, 3.05) is 13.6 Å². The second-order valence-electron chi connectivity index (χ2n) is 5.21. The van der Waals surface area contributed by atoms with E-state index in [0.717, 1.165) is 30.6 Å². The van der Waals surface area contributed by atoms with Crippen LogP contribution in [0.15, 0.2) is 24.3 Å². The summed E-state index contributed by atoms with van der Waals surface area (Å²) in [6.45, 7) is 5.07. The normalized spacial score (nSPS) is 12.6. The van der Waals surface area contributed by atoms with Gasteiger partial charge in [-0.05, 0) is 57.5 Å². The summed E-state index contributed by atoms with van der Waals surface area (Å²) in [5.74, 6) is 0.276. The molecular formula is C16H21FN2S. The van der Waals surface area contributed by atoms with Crippen LogP contribution in [0.2, 0.25) is 0 Å². The fraction of sp³-hybridized carbons (Fsp3) is 0.438. The third-order valence-corrected chi connectivity index (χ3v) is 4.54. The van der Waals surface area contributed by atoms with Gasteiger partial charge in [-0.15, -0.1) is 11.3 Å². The van der Waals surface area contributed by atoms with Crippen LogP contribution in [0.1, 0.15) is 21.1 Å². The molecule has 0 aliphatic rings. The predicted octanol–water partition coefficient (Wildman–Crippen LogP) is 3.52. The van der Waals surface area contributed by atoms with Gasteiger partial charge in [0.1, 0.15) is 5.82 Å². The number of rotatable bonds is 6. The Labute approximate surface area is 124 Å². The molecule has 1 atom stereocenters. The summed E-state index contributed by atoms with van der Waals surface area (Å²) >= 11 is 1.77. The van der Waals surface area contributed by atoms with Gasteiger partial charge in [0.25, 0.3) is 0 Å². The highest BCUT2D eigenvalue weighted by Gasteiger charge is 2.14. The molecule has 0 aliphatic heterocycles. The third-order valence-electron chi connectivity index (χ3n) is 3.44. The first kappa shape index (κ1) is 15.1. The van der Waals surface area contributed by atoms with Crippen LogP contribution in [0.3, 0.4) is 0 Å². The van der Waals surface area contributed by atoms with E-state index < -0.39 is 0 Å². The number of halogens is 1. The molecule has 0 amide bonds. The van der Waals surface area contributed by atoms with Crippen LogP contribution in [0.5, 0.6) is 0 Å². The molecule has 0 aliphatic carbocycles. The Balaban J connectivity index is 2.06. The lowest BCUT2D eigenvalue weighted by Gasteiger charge is -2.15. The number of nitrogens with one attached hydrogen (secondary N) is 1. The van der Waals surface area contributed by atoms with Gasteiger partial charge in [0.2, 0.25) is 0 Å². The minimum atomic E-state index is -0.161. The van der Waals surface area contributed by atoms with Crippen LogP contribution in [-0.2, 0) is 12.8 Å². The van der Waals surface area contributed by atoms with Crippen LogP contribution in [-0.4, -0.2) is 18.6 Å². The van der Waals surface area contributed by atoms with Gasteiger partial charge in [0.05, 0.1) is 10.7 Å². The van der Waals surface area contributed by atoms with Gasteiger partial charge < -0.3 is 5.32 Å². The summed E-state index contributed by atoms with van der Waals surface area (Å²) in [6, 6.07) is 6.88. The molecule has 1 aromatic heterocycles. The van der Waals surface area contributed by atoms with Crippen LogP contribution in [0.25, 0.3) is 0 Å². The number of thiazole rings is 1. The number of hydrogen-bond donors (Lipinski definition) is 1. The topological polar surface area (TPSA) is 24.9 Å². The second-order valence-corrected chi connectivity index (χ2v) is 6.50. The van der Waals surface area contributed by atoms with Crippen LogP contribution in [0, 0.1) is 25.6 Å². The first-order valence-electron chi connectivity index (χ1n) is 6.90. The van der Waals surface area contributed by atoms with Crippen molar-refractivity contribution in [2.24, 2.45) is 5.92 Å². The predicted molar refractivity (Wildman–Crippen MR) is 82.8 cm³/mol. The molecule has 2 rings (SSSR count). The molecule has 1 N–H and O–H groups in total. The fourth-order valence-corrected chi connectivity index (χ4v) is 3.42. The number of nitrogens with zero attached hydrogens (tertiary/aromatic N) is 1. The number of aryl methyl sites for hydroxylation is 2. The zero-order valence-corrected chi connectivity index (χ0v) is 13.1. The van der Waals surface area contributed by atoms with Crippen LogP contribution < -0.4 is 5.32 Å². The first-order chi connectivity index (χ1) is 9.58. The smallest absolute Gasteiger partial charge is 0.123 e. The van der Waals surface area contributed by atoms with Gasteiger partial charge in [-0.1, -0.05) is 12.1 Å². The van der Waals surface area contributed by atoms with Crippen molar-refractivity contribution in [2.45, 2.75) is 26.7 Å². The standard InChI is InChI=1S/C16H21FN2S/c1-11-12(2)20-16(19-11)9-14(10-18-3)7-13-5-4-6-15(17)8-13/h4-6,8,14,18H,7,9-10H2,1-3H3. The average molecular weight is 292 g/mol. The van der Waals surface area contributed by atoms with Crippen LogP contribution >= 0.6 is 11.3 Å². The maximum Gasteiger partial charge on any atom is 0.123 e. The molecule has 2 nitrogen and oxygen atoms in total. The molecule has 0 bridgehead atoms.